The van der Waals surface area contributed by atoms with Gasteiger partial charge in [-0.15, -0.1) is 0 Å². The van der Waals surface area contributed by atoms with Crippen LogP contribution in [0.15, 0.2) is 42.5 Å². The molecule has 9 heteroatoms. The van der Waals surface area contributed by atoms with Gasteiger partial charge in [0.05, 0.1) is 23.7 Å². The summed E-state index contributed by atoms with van der Waals surface area (Å²) in [4.78, 5) is 11.6. The van der Waals surface area contributed by atoms with Crippen LogP contribution in [0.2, 0.25) is 0 Å². The molecule has 3 N–H and O–H groups in total. The van der Waals surface area contributed by atoms with E-state index in [0.29, 0.717) is 5.56 Å². The zero-order chi connectivity index (χ0) is 21.9. The number of rotatable bonds is 7. The first-order chi connectivity index (χ1) is 14.1. The Labute approximate surface area is 174 Å². The molecule has 0 saturated heterocycles. The zero-order valence-electron chi connectivity index (χ0n) is 16.4. The van der Waals surface area contributed by atoms with Crippen molar-refractivity contribution in [2.45, 2.75) is 37.3 Å². The second-order valence-electron chi connectivity index (χ2n) is 7.57. The summed E-state index contributed by atoms with van der Waals surface area (Å²) in [5, 5.41) is 16.3. The van der Waals surface area contributed by atoms with E-state index in [4.69, 9.17) is 0 Å². The van der Waals surface area contributed by atoms with Crippen molar-refractivity contribution in [1.82, 2.24) is 10.6 Å². The predicted molar refractivity (Wildman–Crippen MR) is 108 cm³/mol. The molecular weight excluding hydrogens is 414 g/mol. The van der Waals surface area contributed by atoms with E-state index in [1.807, 2.05) is 12.1 Å². The monoisotopic (exact) mass is 438 g/mol. The molecule has 3 rings (SSSR count). The molecule has 1 aliphatic rings. The number of hydrogen-bond acceptors (Lipinski definition) is 5. The Morgan fingerprint density at radius 1 is 1.20 bits per heavy atom. The molecule has 1 unspecified atom stereocenters. The number of sulfone groups is 1. The molecule has 1 amide bonds. The maximum atomic E-state index is 13.5. The minimum atomic E-state index is -3.29. The summed E-state index contributed by atoms with van der Waals surface area (Å²) in [6.45, 7) is 1.26. The largest absolute Gasteiger partial charge is 0.390 e. The lowest BCUT2D eigenvalue weighted by Gasteiger charge is -2.29. The maximum Gasteiger partial charge on any atom is 0.217 e. The minimum Gasteiger partial charge on any atom is -0.390 e. The molecule has 0 saturated carbocycles. The van der Waals surface area contributed by atoms with Crippen molar-refractivity contribution in [2.75, 3.05) is 12.3 Å². The zero-order valence-corrected chi connectivity index (χ0v) is 17.3. The molecule has 0 radical (unpaired) electrons. The van der Waals surface area contributed by atoms with E-state index in [0.717, 1.165) is 23.8 Å². The Kier molecular flexibility index (Phi) is 6.84. The maximum absolute atomic E-state index is 13.5. The van der Waals surface area contributed by atoms with Crippen LogP contribution in [0.1, 0.15) is 29.7 Å². The van der Waals surface area contributed by atoms with Crippen LogP contribution in [-0.2, 0) is 26.8 Å². The quantitative estimate of drug-likeness (QED) is 0.611. The van der Waals surface area contributed by atoms with Crippen molar-refractivity contribution in [1.29, 1.82) is 0 Å². The highest BCUT2D eigenvalue weighted by atomic mass is 32.2. The molecule has 2 aromatic rings. The fourth-order valence-electron chi connectivity index (χ4n) is 3.75. The van der Waals surface area contributed by atoms with E-state index in [1.54, 1.807) is 12.1 Å². The molecule has 1 aliphatic heterocycles. The summed E-state index contributed by atoms with van der Waals surface area (Å²) in [6.07, 6.45) is -1.10. The lowest BCUT2D eigenvalue weighted by atomic mass is 9.99. The first-order valence-corrected chi connectivity index (χ1v) is 11.4. The van der Waals surface area contributed by atoms with Crippen LogP contribution in [0, 0.1) is 11.6 Å². The van der Waals surface area contributed by atoms with Gasteiger partial charge in [0, 0.05) is 25.6 Å². The van der Waals surface area contributed by atoms with Crippen LogP contribution in [-0.4, -0.2) is 43.9 Å². The molecule has 6 nitrogen and oxygen atoms in total. The average Bonchev–Trinajstić information content (AvgIpc) is 2.63. The van der Waals surface area contributed by atoms with Gasteiger partial charge in [-0.2, -0.15) is 0 Å². The number of aliphatic hydroxyl groups is 1. The number of carbonyl (C=O) groups is 1. The third kappa shape index (κ3) is 5.84. The third-order valence-corrected chi connectivity index (χ3v) is 6.62. The van der Waals surface area contributed by atoms with E-state index in [-0.39, 0.29) is 30.0 Å². The Hall–Kier alpha value is -2.36. The fraction of sp³-hybridized carbons (Fsp3) is 0.381. The van der Waals surface area contributed by atoms with Gasteiger partial charge in [-0.1, -0.05) is 24.3 Å². The van der Waals surface area contributed by atoms with Crippen LogP contribution < -0.4 is 10.6 Å². The molecule has 0 aliphatic carbocycles. The molecule has 0 aromatic heterocycles. The van der Waals surface area contributed by atoms with E-state index in [9.17, 15) is 27.1 Å². The summed E-state index contributed by atoms with van der Waals surface area (Å²) in [6, 6.07) is 8.91. The highest BCUT2D eigenvalue weighted by molar-refractivity contribution is 7.90. The number of hydrogen-bond donors (Lipinski definition) is 3. The van der Waals surface area contributed by atoms with Gasteiger partial charge in [-0.05, 0) is 35.2 Å². The molecule has 0 bridgehead atoms. The number of halogens is 2. The summed E-state index contributed by atoms with van der Waals surface area (Å²) < 4.78 is 51.4. The molecule has 1 heterocycles. The van der Waals surface area contributed by atoms with Crippen LogP contribution >= 0.6 is 0 Å². The summed E-state index contributed by atoms with van der Waals surface area (Å²) >= 11 is 0. The first kappa shape index (κ1) is 22.3. The molecule has 0 fully saturated rings. The minimum absolute atomic E-state index is 0.0106. The first-order valence-electron chi connectivity index (χ1n) is 9.55. The van der Waals surface area contributed by atoms with Gasteiger partial charge in [0.25, 0.3) is 0 Å². The second kappa shape index (κ2) is 9.20. The third-order valence-electron chi connectivity index (χ3n) is 5.03. The van der Waals surface area contributed by atoms with Gasteiger partial charge in [0.15, 0.2) is 9.84 Å². The van der Waals surface area contributed by atoms with E-state index in [1.165, 1.54) is 6.92 Å². The Bertz CT molecular complexity index is 1010. The van der Waals surface area contributed by atoms with E-state index in [2.05, 4.69) is 10.6 Å². The number of fused-ring (bicyclic) bond motifs is 1. The van der Waals surface area contributed by atoms with Crippen molar-refractivity contribution >= 4 is 15.7 Å². The number of carbonyl (C=O) groups excluding carboxylic acids is 1. The highest BCUT2D eigenvalue weighted by Gasteiger charge is 2.30. The number of benzene rings is 2. The SMILES string of the molecule is CC(=O)N[C@@H](Cc1cc(F)cc(F)c1)[C@H](O)CNC1CS(=O)(=O)Cc2ccccc21. The van der Waals surface area contributed by atoms with Crippen LogP contribution in [0.3, 0.4) is 0 Å². The van der Waals surface area contributed by atoms with Gasteiger partial charge in [-0.3, -0.25) is 4.79 Å². The smallest absolute Gasteiger partial charge is 0.217 e. The second-order valence-corrected chi connectivity index (χ2v) is 9.68. The number of nitrogens with one attached hydrogen (secondary N) is 2. The van der Waals surface area contributed by atoms with Crippen molar-refractivity contribution in [3.8, 4) is 0 Å². The van der Waals surface area contributed by atoms with Crippen LogP contribution in [0.5, 0.6) is 0 Å². The molecule has 30 heavy (non-hydrogen) atoms. The van der Waals surface area contributed by atoms with Gasteiger partial charge < -0.3 is 15.7 Å². The lowest BCUT2D eigenvalue weighted by Crippen LogP contribution is -2.49. The standard InChI is InChI=1S/C21H24F2N2O4S/c1-13(26)25-19(8-14-6-16(22)9-17(23)7-14)21(27)10-24-20-12-30(28,29)11-15-4-2-3-5-18(15)20/h2-7,9,19-21,24,27H,8,10-12H2,1H3,(H,25,26)/t19-,20?,21+/m0/s1. The van der Waals surface area contributed by atoms with Crippen LogP contribution in [0.4, 0.5) is 8.78 Å². The molecule has 2 aromatic carbocycles. The Morgan fingerprint density at radius 2 is 1.87 bits per heavy atom. The Morgan fingerprint density at radius 3 is 2.53 bits per heavy atom. The predicted octanol–water partition coefficient (Wildman–Crippen LogP) is 1.63. The Balaban J connectivity index is 1.73. The normalized spacial score (nSPS) is 19.5. The highest BCUT2D eigenvalue weighted by Crippen LogP contribution is 2.28. The molecule has 3 atom stereocenters. The average molecular weight is 438 g/mol. The van der Waals surface area contributed by atoms with Gasteiger partial charge in [0.2, 0.25) is 5.91 Å². The number of amides is 1. The van der Waals surface area contributed by atoms with Crippen molar-refractivity contribution < 1.29 is 27.1 Å². The summed E-state index contributed by atoms with van der Waals surface area (Å²) in [7, 11) is -3.29. The fourth-order valence-corrected chi connectivity index (χ4v) is 5.41. The molecular formula is C21H24F2N2O4S. The van der Waals surface area contributed by atoms with E-state index < -0.39 is 45.6 Å². The van der Waals surface area contributed by atoms with Crippen LogP contribution in [0.25, 0.3) is 0 Å². The molecule has 0 spiro atoms. The van der Waals surface area contributed by atoms with Gasteiger partial charge >= 0.3 is 0 Å². The van der Waals surface area contributed by atoms with E-state index >= 15 is 0 Å². The van der Waals surface area contributed by atoms with Gasteiger partial charge in [0.1, 0.15) is 11.6 Å². The van der Waals surface area contributed by atoms with Crippen molar-refractivity contribution in [2.24, 2.45) is 0 Å². The van der Waals surface area contributed by atoms with Crippen molar-refractivity contribution in [3.63, 3.8) is 0 Å². The molecule has 162 valence electrons. The lowest BCUT2D eigenvalue weighted by molar-refractivity contribution is -0.120. The summed E-state index contributed by atoms with van der Waals surface area (Å²) in [5.41, 5.74) is 1.85. The number of aliphatic hydroxyl groups excluding tert-OH is 1. The van der Waals surface area contributed by atoms with Crippen molar-refractivity contribution in [3.05, 3.63) is 70.8 Å². The summed E-state index contributed by atoms with van der Waals surface area (Å²) in [5.74, 6) is -2.02. The van der Waals surface area contributed by atoms with Gasteiger partial charge in [-0.25, -0.2) is 17.2 Å². The topological polar surface area (TPSA) is 95.5 Å².